The number of hydrogen-bond donors (Lipinski definition) is 0. The second-order valence-electron chi connectivity index (χ2n) is 13.4. The Hall–Kier alpha value is -1.23. The monoisotopic (exact) mass is 564 g/mol. The molecule has 3 aliphatic rings. The van der Waals surface area contributed by atoms with Gasteiger partial charge in [0.25, 0.3) is 8.32 Å². The van der Waals surface area contributed by atoms with Gasteiger partial charge in [0.15, 0.2) is 5.78 Å². The van der Waals surface area contributed by atoms with Crippen LogP contribution in [0.25, 0.3) is 0 Å². The van der Waals surface area contributed by atoms with Crippen LogP contribution in [0, 0.1) is 0 Å². The van der Waals surface area contributed by atoms with Gasteiger partial charge in [0.2, 0.25) is 8.32 Å². The molecule has 0 amide bonds. The first-order valence-electron chi connectivity index (χ1n) is 14.7. The van der Waals surface area contributed by atoms with E-state index in [4.69, 9.17) is 18.3 Å². The van der Waals surface area contributed by atoms with Crippen LogP contribution in [0.2, 0.25) is 33.2 Å². The Morgan fingerprint density at radius 2 is 1.26 bits per heavy atom. The maximum atomic E-state index is 13.9. The van der Waals surface area contributed by atoms with Crippen LogP contribution in [0.5, 0.6) is 0 Å². The van der Waals surface area contributed by atoms with E-state index in [1.54, 1.807) is 0 Å². The van der Waals surface area contributed by atoms with Crippen molar-refractivity contribution >= 4 is 28.4 Å². The molecule has 8 heteroatoms. The molecule has 0 aromatic carbocycles. The molecule has 0 spiro atoms. The van der Waals surface area contributed by atoms with E-state index in [9.17, 15) is 9.59 Å². The summed E-state index contributed by atoms with van der Waals surface area (Å²) in [4.78, 5) is 27.2. The lowest BCUT2D eigenvalue weighted by atomic mass is 9.83. The zero-order valence-electron chi connectivity index (χ0n) is 26.1. The number of carbonyl (C=O) groups excluding carboxylic acids is 2. The van der Waals surface area contributed by atoms with Crippen LogP contribution in [0.15, 0.2) is 22.5 Å². The Labute approximate surface area is 233 Å². The topological polar surface area (TPSA) is 71.1 Å². The first-order valence-corrected chi connectivity index (χ1v) is 19.0. The number of esters is 1. The molecule has 2 aliphatic heterocycles. The number of methoxy groups -OCH3 is 1. The highest BCUT2D eigenvalue weighted by Gasteiger charge is 2.57. The fourth-order valence-corrected chi connectivity index (χ4v) is 19.1. The smallest absolute Gasteiger partial charge is 0.336 e. The summed E-state index contributed by atoms with van der Waals surface area (Å²) in [5.74, 6) is 0.387. The SMILES string of the molecule is COC(=O)C1=C2C(O[Si](C(C)C)(C(C)C)C(C)C)CC(=O)C3=C(O[Si](C(C)C)(C(C)C)C(C)C)CC1OC32. The summed E-state index contributed by atoms with van der Waals surface area (Å²) >= 11 is 0. The molecule has 0 aromatic rings. The molecule has 0 aromatic heterocycles. The van der Waals surface area contributed by atoms with Crippen molar-refractivity contribution in [3.63, 3.8) is 0 Å². The average Bonchev–Trinajstić information content (AvgIpc) is 3.12. The largest absolute Gasteiger partial charge is 0.545 e. The minimum absolute atomic E-state index is 0.0293. The molecular formula is C30H52O6Si2. The molecule has 2 bridgehead atoms. The molecule has 3 rings (SSSR count). The van der Waals surface area contributed by atoms with E-state index in [1.165, 1.54) is 7.11 Å². The maximum Gasteiger partial charge on any atom is 0.336 e. The third-order valence-corrected chi connectivity index (χ3v) is 21.8. The molecule has 216 valence electrons. The molecule has 3 atom stereocenters. The Morgan fingerprint density at radius 3 is 1.68 bits per heavy atom. The maximum absolute atomic E-state index is 13.9. The number of fused-ring (bicyclic) bond motifs is 1. The highest BCUT2D eigenvalue weighted by Crippen LogP contribution is 2.53. The van der Waals surface area contributed by atoms with E-state index >= 15 is 0 Å². The fraction of sp³-hybridized carbons (Fsp3) is 0.800. The molecule has 1 saturated carbocycles. The molecule has 0 radical (unpaired) electrons. The molecular weight excluding hydrogens is 512 g/mol. The van der Waals surface area contributed by atoms with Crippen molar-refractivity contribution in [2.24, 2.45) is 0 Å². The van der Waals surface area contributed by atoms with Crippen molar-refractivity contribution in [3.05, 3.63) is 22.5 Å². The summed E-state index contributed by atoms with van der Waals surface area (Å²) in [7, 11) is -3.24. The van der Waals surface area contributed by atoms with E-state index in [0.29, 0.717) is 50.8 Å². The van der Waals surface area contributed by atoms with Crippen LogP contribution >= 0.6 is 0 Å². The number of ketones is 1. The van der Waals surface area contributed by atoms with Gasteiger partial charge >= 0.3 is 5.97 Å². The van der Waals surface area contributed by atoms with Crippen molar-refractivity contribution in [2.75, 3.05) is 7.11 Å². The summed E-state index contributed by atoms with van der Waals surface area (Å²) in [5.41, 5.74) is 4.12. The van der Waals surface area contributed by atoms with Gasteiger partial charge in [0.1, 0.15) is 6.10 Å². The number of rotatable bonds is 11. The van der Waals surface area contributed by atoms with Crippen LogP contribution in [-0.4, -0.2) is 53.8 Å². The minimum atomic E-state index is -2.34. The Bertz CT molecular complexity index is 947. The number of carbonyl (C=O) groups is 2. The van der Waals surface area contributed by atoms with Crippen molar-refractivity contribution in [1.82, 2.24) is 0 Å². The Morgan fingerprint density at radius 1 is 0.789 bits per heavy atom. The normalized spacial score (nSPS) is 24.3. The van der Waals surface area contributed by atoms with Gasteiger partial charge < -0.3 is 18.3 Å². The number of ether oxygens (including phenoxy) is 2. The van der Waals surface area contributed by atoms with Crippen LogP contribution < -0.4 is 0 Å². The van der Waals surface area contributed by atoms with E-state index in [-0.39, 0.29) is 18.2 Å². The van der Waals surface area contributed by atoms with Gasteiger partial charge in [-0.3, -0.25) is 4.79 Å². The highest BCUT2D eigenvalue weighted by atomic mass is 28.4. The number of hydrogen-bond acceptors (Lipinski definition) is 6. The molecule has 6 nitrogen and oxygen atoms in total. The van der Waals surface area contributed by atoms with Gasteiger partial charge in [0, 0.05) is 18.4 Å². The number of Topliss-reactive ketones (excluding diaryl/α,β-unsaturated/α-hetero) is 1. The fourth-order valence-electron chi connectivity index (χ4n) is 8.25. The summed E-state index contributed by atoms with van der Waals surface area (Å²) in [6, 6.07) is 0. The summed E-state index contributed by atoms with van der Waals surface area (Å²) in [6.45, 7) is 26.9. The standard InChI is InChI=1S/C30H52O6Si2/c1-16(2)37(17(3)4,18(5)6)35-24-14-22(31)26-25(36-38(19(7)8,20(9)10)21(11)12)15-23-28(30(32)33-13)27(24)29(26)34-23/h16-21,23-24,29H,14-15H2,1-13H3. The van der Waals surface area contributed by atoms with E-state index in [0.717, 1.165) is 11.3 Å². The molecule has 0 N–H and O–H groups in total. The zero-order chi connectivity index (χ0) is 28.9. The van der Waals surface area contributed by atoms with Crippen LogP contribution in [0.1, 0.15) is 95.9 Å². The van der Waals surface area contributed by atoms with Crippen LogP contribution in [0.4, 0.5) is 0 Å². The van der Waals surface area contributed by atoms with E-state index in [2.05, 4.69) is 83.1 Å². The van der Waals surface area contributed by atoms with E-state index < -0.39 is 34.9 Å². The van der Waals surface area contributed by atoms with Gasteiger partial charge in [-0.25, -0.2) is 4.79 Å². The van der Waals surface area contributed by atoms with Gasteiger partial charge in [0.05, 0.1) is 36.2 Å². The summed E-state index contributed by atoms with van der Waals surface area (Å²) < 4.78 is 26.0. The first kappa shape index (κ1) is 31.3. The molecule has 1 aliphatic carbocycles. The zero-order valence-corrected chi connectivity index (χ0v) is 28.1. The molecule has 0 saturated heterocycles. The second-order valence-corrected chi connectivity index (χ2v) is 24.2. The second kappa shape index (κ2) is 11.3. The van der Waals surface area contributed by atoms with Gasteiger partial charge in [-0.05, 0) is 33.2 Å². The predicted molar refractivity (Wildman–Crippen MR) is 157 cm³/mol. The Balaban J connectivity index is 2.17. The van der Waals surface area contributed by atoms with Gasteiger partial charge in [-0.15, -0.1) is 0 Å². The first-order chi connectivity index (χ1) is 17.6. The quantitative estimate of drug-likeness (QED) is 0.190. The van der Waals surface area contributed by atoms with Crippen molar-refractivity contribution in [2.45, 2.75) is 147 Å². The molecule has 3 unspecified atom stereocenters. The third-order valence-electron chi connectivity index (χ3n) is 9.63. The minimum Gasteiger partial charge on any atom is -0.545 e. The predicted octanol–water partition coefficient (Wildman–Crippen LogP) is 7.61. The van der Waals surface area contributed by atoms with Crippen molar-refractivity contribution in [3.8, 4) is 0 Å². The van der Waals surface area contributed by atoms with Crippen molar-refractivity contribution < 1.29 is 27.9 Å². The lowest BCUT2D eigenvalue weighted by molar-refractivity contribution is -0.137. The third kappa shape index (κ3) is 4.81. The molecule has 1 fully saturated rings. The van der Waals surface area contributed by atoms with Gasteiger partial charge in [-0.1, -0.05) is 83.1 Å². The molecule has 2 heterocycles. The van der Waals surface area contributed by atoms with Crippen LogP contribution in [-0.2, 0) is 27.9 Å². The highest BCUT2D eigenvalue weighted by molar-refractivity contribution is 6.78. The lowest BCUT2D eigenvalue weighted by Gasteiger charge is -2.47. The average molecular weight is 565 g/mol. The van der Waals surface area contributed by atoms with E-state index in [1.807, 2.05) is 0 Å². The van der Waals surface area contributed by atoms with Crippen molar-refractivity contribution in [1.29, 1.82) is 0 Å². The Kier molecular flexibility index (Phi) is 9.34. The summed E-state index contributed by atoms with van der Waals surface area (Å²) in [6.07, 6.45) is -0.952. The van der Waals surface area contributed by atoms with Gasteiger partial charge in [-0.2, -0.15) is 0 Å². The lowest BCUT2D eigenvalue weighted by Crippen LogP contribution is -2.53. The molecule has 38 heavy (non-hydrogen) atoms. The summed E-state index contributed by atoms with van der Waals surface area (Å²) in [5, 5.41) is 0. The van der Waals surface area contributed by atoms with Crippen LogP contribution in [0.3, 0.4) is 0 Å².